The van der Waals surface area contributed by atoms with E-state index in [1.54, 1.807) is 12.1 Å². The maximum Gasteiger partial charge on any atom is 0.342 e. The fraction of sp³-hybridized carbons (Fsp3) is 0.0833. The summed E-state index contributed by atoms with van der Waals surface area (Å²) in [6, 6.07) is 7.21. The number of rotatable bonds is 1. The van der Waals surface area contributed by atoms with Crippen LogP contribution in [0.25, 0.3) is 5.69 Å². The second-order valence-electron chi connectivity index (χ2n) is 3.90. The van der Waals surface area contributed by atoms with E-state index in [1.807, 2.05) is 12.1 Å². The van der Waals surface area contributed by atoms with Crippen molar-refractivity contribution in [1.29, 1.82) is 0 Å². The number of nitrogens with zero attached hydrogens (tertiary/aromatic N) is 2. The topological polar surface area (TPSA) is 84.2 Å². The number of carboxylic acid groups (broad SMARTS) is 1. The summed E-state index contributed by atoms with van der Waals surface area (Å²) in [6.07, 6.45) is 1.10. The molecule has 0 bridgehead atoms. The lowest BCUT2D eigenvalue weighted by Gasteiger charge is -2.22. The van der Waals surface area contributed by atoms with Gasteiger partial charge >= 0.3 is 5.97 Å². The fourth-order valence-electron chi connectivity index (χ4n) is 2.00. The standard InChI is InChI=1S/C12H9N3O3/c16-11-7(12(17)18)5-14-10-6-13-8-3-1-2-4-9(8)15(10)11/h1-5,13H,6H2,(H,17,18). The van der Waals surface area contributed by atoms with Gasteiger partial charge in [-0.05, 0) is 12.1 Å². The zero-order valence-electron chi connectivity index (χ0n) is 9.25. The molecule has 18 heavy (non-hydrogen) atoms. The molecule has 1 aromatic heterocycles. The van der Waals surface area contributed by atoms with Gasteiger partial charge in [0.2, 0.25) is 0 Å². The Hall–Kier alpha value is -2.63. The van der Waals surface area contributed by atoms with Crippen LogP contribution < -0.4 is 10.9 Å². The van der Waals surface area contributed by atoms with Crippen LogP contribution in [-0.2, 0) is 6.54 Å². The quantitative estimate of drug-likeness (QED) is 0.775. The van der Waals surface area contributed by atoms with Crippen LogP contribution in [0, 0.1) is 0 Å². The molecule has 0 radical (unpaired) electrons. The highest BCUT2D eigenvalue weighted by Gasteiger charge is 2.21. The Balaban J connectivity index is 2.35. The molecule has 0 amide bonds. The van der Waals surface area contributed by atoms with Crippen LogP contribution in [0.4, 0.5) is 5.69 Å². The van der Waals surface area contributed by atoms with Gasteiger partial charge in [-0.25, -0.2) is 9.78 Å². The number of hydrogen-bond donors (Lipinski definition) is 2. The lowest BCUT2D eigenvalue weighted by atomic mass is 10.2. The molecule has 0 atom stereocenters. The molecule has 3 rings (SSSR count). The number of carbonyl (C=O) groups is 1. The van der Waals surface area contributed by atoms with Gasteiger partial charge in [-0.15, -0.1) is 0 Å². The third-order valence-electron chi connectivity index (χ3n) is 2.85. The van der Waals surface area contributed by atoms with E-state index in [1.165, 1.54) is 4.57 Å². The van der Waals surface area contributed by atoms with Crippen LogP contribution >= 0.6 is 0 Å². The lowest BCUT2D eigenvalue weighted by Crippen LogP contribution is -2.32. The first-order valence-electron chi connectivity index (χ1n) is 5.36. The van der Waals surface area contributed by atoms with E-state index in [9.17, 15) is 9.59 Å². The van der Waals surface area contributed by atoms with Gasteiger partial charge in [0.15, 0.2) is 0 Å². The van der Waals surface area contributed by atoms with E-state index in [0.29, 0.717) is 18.1 Å². The van der Waals surface area contributed by atoms with Crippen LogP contribution in [-0.4, -0.2) is 20.6 Å². The van der Waals surface area contributed by atoms with E-state index >= 15 is 0 Å². The highest BCUT2D eigenvalue weighted by molar-refractivity contribution is 5.87. The smallest absolute Gasteiger partial charge is 0.342 e. The Bertz CT molecular complexity index is 706. The van der Waals surface area contributed by atoms with Crippen molar-refractivity contribution in [3.8, 4) is 5.69 Å². The predicted molar refractivity (Wildman–Crippen MR) is 64.1 cm³/mol. The molecular weight excluding hydrogens is 234 g/mol. The molecule has 0 unspecified atom stereocenters. The van der Waals surface area contributed by atoms with Gasteiger partial charge in [0.1, 0.15) is 11.4 Å². The van der Waals surface area contributed by atoms with Gasteiger partial charge in [-0.3, -0.25) is 9.36 Å². The number of aromatic nitrogens is 2. The number of anilines is 1. The Morgan fingerprint density at radius 1 is 1.39 bits per heavy atom. The van der Waals surface area contributed by atoms with Crippen molar-refractivity contribution in [3.05, 3.63) is 52.2 Å². The monoisotopic (exact) mass is 243 g/mol. The summed E-state index contributed by atoms with van der Waals surface area (Å²) in [6.45, 7) is 0.395. The van der Waals surface area contributed by atoms with Crippen molar-refractivity contribution in [2.45, 2.75) is 6.54 Å². The summed E-state index contributed by atoms with van der Waals surface area (Å²) in [5, 5.41) is 12.1. The summed E-state index contributed by atoms with van der Waals surface area (Å²) in [5.41, 5.74) is 0.535. The summed E-state index contributed by atoms with van der Waals surface area (Å²) in [4.78, 5) is 27.1. The Morgan fingerprint density at radius 2 is 2.17 bits per heavy atom. The van der Waals surface area contributed by atoms with Gasteiger partial charge in [0.05, 0.1) is 17.9 Å². The summed E-state index contributed by atoms with van der Waals surface area (Å²) in [7, 11) is 0. The maximum atomic E-state index is 12.1. The van der Waals surface area contributed by atoms with E-state index in [4.69, 9.17) is 5.11 Å². The van der Waals surface area contributed by atoms with E-state index in [-0.39, 0.29) is 5.56 Å². The van der Waals surface area contributed by atoms with Crippen LogP contribution in [0.5, 0.6) is 0 Å². The highest BCUT2D eigenvalue weighted by atomic mass is 16.4. The molecule has 1 aliphatic rings. The second-order valence-corrected chi connectivity index (χ2v) is 3.90. The average Bonchev–Trinajstić information content (AvgIpc) is 2.38. The maximum absolute atomic E-state index is 12.1. The predicted octanol–water partition coefficient (Wildman–Crippen LogP) is 0.856. The SMILES string of the molecule is O=C(O)c1cnc2n(c1=O)-c1ccccc1NC2. The molecule has 90 valence electrons. The molecule has 0 spiro atoms. The molecule has 0 saturated heterocycles. The first kappa shape index (κ1) is 10.5. The molecule has 2 heterocycles. The number of hydrogen-bond acceptors (Lipinski definition) is 4. The van der Waals surface area contributed by atoms with Gasteiger partial charge in [0.25, 0.3) is 5.56 Å². The second kappa shape index (κ2) is 3.69. The molecule has 2 aromatic rings. The minimum Gasteiger partial charge on any atom is -0.477 e. The number of carboxylic acids is 1. The zero-order valence-corrected chi connectivity index (χ0v) is 9.25. The van der Waals surface area contributed by atoms with E-state index in [2.05, 4.69) is 10.3 Å². The number of aromatic carboxylic acids is 1. The van der Waals surface area contributed by atoms with Crippen molar-refractivity contribution in [3.63, 3.8) is 0 Å². The van der Waals surface area contributed by atoms with Crippen molar-refractivity contribution in [2.75, 3.05) is 5.32 Å². The van der Waals surface area contributed by atoms with Gasteiger partial charge in [-0.1, -0.05) is 12.1 Å². The van der Waals surface area contributed by atoms with E-state index in [0.717, 1.165) is 11.9 Å². The van der Waals surface area contributed by atoms with Crippen molar-refractivity contribution in [1.82, 2.24) is 9.55 Å². The number of para-hydroxylation sites is 2. The molecule has 6 heteroatoms. The van der Waals surface area contributed by atoms with Gasteiger partial charge in [-0.2, -0.15) is 0 Å². The third kappa shape index (κ3) is 1.39. The Morgan fingerprint density at radius 3 is 2.94 bits per heavy atom. The van der Waals surface area contributed by atoms with E-state index < -0.39 is 11.5 Å². The van der Waals surface area contributed by atoms with Gasteiger partial charge in [0, 0.05) is 6.20 Å². The molecular formula is C12H9N3O3. The minimum absolute atomic E-state index is 0.324. The summed E-state index contributed by atoms with van der Waals surface area (Å²) in [5.74, 6) is -0.762. The van der Waals surface area contributed by atoms with Crippen molar-refractivity contribution >= 4 is 11.7 Å². The molecule has 1 aliphatic heterocycles. The Labute approximate surface area is 102 Å². The zero-order chi connectivity index (χ0) is 12.7. The summed E-state index contributed by atoms with van der Waals surface area (Å²) < 4.78 is 1.34. The molecule has 1 aromatic carbocycles. The molecule has 6 nitrogen and oxygen atoms in total. The number of nitrogens with one attached hydrogen (secondary N) is 1. The highest BCUT2D eigenvalue weighted by Crippen LogP contribution is 2.24. The van der Waals surface area contributed by atoms with Crippen molar-refractivity contribution in [2.24, 2.45) is 0 Å². The van der Waals surface area contributed by atoms with Crippen LogP contribution in [0.15, 0.2) is 35.3 Å². The van der Waals surface area contributed by atoms with Gasteiger partial charge < -0.3 is 10.4 Å². The minimum atomic E-state index is -1.26. The average molecular weight is 243 g/mol. The molecule has 0 fully saturated rings. The van der Waals surface area contributed by atoms with Crippen LogP contribution in [0.3, 0.4) is 0 Å². The third-order valence-corrected chi connectivity index (χ3v) is 2.85. The number of benzene rings is 1. The first-order valence-corrected chi connectivity index (χ1v) is 5.36. The lowest BCUT2D eigenvalue weighted by molar-refractivity contribution is 0.0694. The fourth-order valence-corrected chi connectivity index (χ4v) is 2.00. The summed E-state index contributed by atoms with van der Waals surface area (Å²) >= 11 is 0. The van der Waals surface area contributed by atoms with Crippen molar-refractivity contribution < 1.29 is 9.90 Å². The number of fused-ring (bicyclic) bond motifs is 3. The molecule has 0 saturated carbocycles. The molecule has 2 N–H and O–H groups in total. The first-order chi connectivity index (χ1) is 8.68. The largest absolute Gasteiger partial charge is 0.477 e. The van der Waals surface area contributed by atoms with Crippen LogP contribution in [0.1, 0.15) is 16.2 Å². The normalized spacial score (nSPS) is 12.2. The Kier molecular flexibility index (Phi) is 2.16. The van der Waals surface area contributed by atoms with Crippen LogP contribution in [0.2, 0.25) is 0 Å². The molecule has 0 aliphatic carbocycles.